The van der Waals surface area contributed by atoms with Crippen LogP contribution in [0.1, 0.15) is 43.4 Å². The van der Waals surface area contributed by atoms with Crippen LogP contribution in [0.5, 0.6) is 0 Å². The van der Waals surface area contributed by atoms with Gasteiger partial charge in [0.05, 0.1) is 4.88 Å². The van der Waals surface area contributed by atoms with Crippen LogP contribution in [0, 0.1) is 17.8 Å². The van der Waals surface area contributed by atoms with Crippen molar-refractivity contribution in [3.63, 3.8) is 0 Å². The van der Waals surface area contributed by atoms with Gasteiger partial charge in [-0.2, -0.15) is 0 Å². The van der Waals surface area contributed by atoms with Gasteiger partial charge in [0.15, 0.2) is 6.54 Å². The molecule has 4 saturated carbocycles. The highest BCUT2D eigenvalue weighted by Crippen LogP contribution is 2.55. The molecule has 4 aliphatic carbocycles. The number of quaternary nitrogens is 1. The molecule has 5 rings (SSSR count). The van der Waals surface area contributed by atoms with E-state index >= 15 is 0 Å². The summed E-state index contributed by atoms with van der Waals surface area (Å²) in [6, 6.07) is 4.21. The Hall–Kier alpha value is -0.870. The van der Waals surface area contributed by atoms with Crippen molar-refractivity contribution < 1.29 is 10.1 Å². The van der Waals surface area contributed by atoms with Gasteiger partial charge in [0.2, 0.25) is 0 Å². The van der Waals surface area contributed by atoms with E-state index in [1.165, 1.54) is 43.4 Å². The molecule has 0 aromatic carbocycles. The van der Waals surface area contributed by atoms with E-state index in [0.29, 0.717) is 6.54 Å². The molecule has 4 aliphatic rings. The summed E-state index contributed by atoms with van der Waals surface area (Å²) in [4.78, 5) is 13.7. The Labute approximate surface area is 130 Å². The van der Waals surface area contributed by atoms with Gasteiger partial charge in [0.25, 0.3) is 5.91 Å². The van der Waals surface area contributed by atoms with Crippen LogP contribution >= 0.6 is 11.3 Å². The third kappa shape index (κ3) is 2.88. The van der Waals surface area contributed by atoms with Crippen LogP contribution in [0.4, 0.5) is 0 Å². The molecule has 3 N–H and O–H groups in total. The number of rotatable bonds is 5. The first-order chi connectivity index (χ1) is 10.2. The van der Waals surface area contributed by atoms with Crippen molar-refractivity contribution in [2.24, 2.45) is 17.8 Å². The van der Waals surface area contributed by atoms with E-state index in [0.717, 1.165) is 24.3 Å². The smallest absolute Gasteiger partial charge is 0.275 e. The molecule has 0 unspecified atom stereocenters. The van der Waals surface area contributed by atoms with Crippen molar-refractivity contribution in [2.75, 3.05) is 6.54 Å². The van der Waals surface area contributed by atoms with Crippen molar-refractivity contribution >= 4 is 17.2 Å². The van der Waals surface area contributed by atoms with E-state index in [1.807, 2.05) is 0 Å². The maximum atomic E-state index is 12.3. The number of thiophene rings is 1. The molecule has 1 heterocycles. The van der Waals surface area contributed by atoms with Crippen LogP contribution in [-0.4, -0.2) is 18.0 Å². The molecule has 3 nitrogen and oxygen atoms in total. The highest BCUT2D eigenvalue weighted by molar-refractivity contribution is 7.09. The van der Waals surface area contributed by atoms with Crippen LogP contribution in [0.2, 0.25) is 0 Å². The molecule has 0 saturated heterocycles. The van der Waals surface area contributed by atoms with Crippen LogP contribution in [0.3, 0.4) is 0 Å². The minimum atomic E-state index is 0.169. The number of hydrogen-bond acceptors (Lipinski definition) is 2. The van der Waals surface area contributed by atoms with Gasteiger partial charge < -0.3 is 10.6 Å². The lowest BCUT2D eigenvalue weighted by molar-refractivity contribution is -0.659. The summed E-state index contributed by atoms with van der Waals surface area (Å²) in [5.41, 5.74) is 0.169. The topological polar surface area (TPSA) is 45.7 Å². The number of carbonyl (C=O) groups excluding carboxylic acids is 1. The SMILES string of the molecule is O=C(C[NH2+]Cc1cccs1)NC12CC3CC(CC(C3)C1)C2. The highest BCUT2D eigenvalue weighted by atomic mass is 32.1. The number of nitrogens with one attached hydrogen (secondary N) is 1. The number of nitrogens with two attached hydrogens (primary N) is 1. The summed E-state index contributed by atoms with van der Waals surface area (Å²) in [5, 5.41) is 7.66. The molecular weight excluding hydrogens is 280 g/mol. The van der Waals surface area contributed by atoms with Gasteiger partial charge in [-0.3, -0.25) is 4.79 Å². The largest absolute Gasteiger partial charge is 0.346 e. The molecule has 114 valence electrons. The fourth-order valence-electron chi connectivity index (χ4n) is 5.38. The van der Waals surface area contributed by atoms with Crippen molar-refractivity contribution in [3.8, 4) is 0 Å². The van der Waals surface area contributed by atoms with Gasteiger partial charge in [-0.05, 0) is 67.7 Å². The predicted octanol–water partition coefficient (Wildman–Crippen LogP) is 1.90. The van der Waals surface area contributed by atoms with Gasteiger partial charge in [-0.25, -0.2) is 0 Å². The molecular formula is C17H25N2OS+. The van der Waals surface area contributed by atoms with E-state index in [-0.39, 0.29) is 11.4 Å². The second-order valence-electron chi connectivity index (χ2n) is 7.52. The molecule has 4 bridgehead atoms. The van der Waals surface area contributed by atoms with Gasteiger partial charge in [0, 0.05) is 5.54 Å². The molecule has 0 radical (unpaired) electrons. The minimum absolute atomic E-state index is 0.169. The van der Waals surface area contributed by atoms with Gasteiger partial charge in [-0.1, -0.05) is 6.07 Å². The zero-order chi connectivity index (χ0) is 14.3. The number of hydrogen-bond donors (Lipinski definition) is 2. The van der Waals surface area contributed by atoms with E-state index in [1.54, 1.807) is 11.3 Å². The maximum absolute atomic E-state index is 12.3. The monoisotopic (exact) mass is 305 g/mol. The van der Waals surface area contributed by atoms with E-state index in [2.05, 4.69) is 28.1 Å². The Bertz CT molecular complexity index is 476. The maximum Gasteiger partial charge on any atom is 0.275 e. The summed E-state index contributed by atoms with van der Waals surface area (Å²) in [6.07, 6.45) is 8.03. The third-order valence-corrected chi connectivity index (χ3v) is 6.60. The summed E-state index contributed by atoms with van der Waals surface area (Å²) in [6.45, 7) is 1.49. The first-order valence-electron chi connectivity index (χ1n) is 8.36. The Morgan fingerprint density at radius 2 is 1.90 bits per heavy atom. The van der Waals surface area contributed by atoms with Crippen molar-refractivity contribution in [2.45, 2.75) is 50.6 Å². The first kappa shape index (κ1) is 13.8. The number of amides is 1. The lowest BCUT2D eigenvalue weighted by Gasteiger charge is -2.56. The fraction of sp³-hybridized carbons (Fsp3) is 0.706. The summed E-state index contributed by atoms with van der Waals surface area (Å²) < 4.78 is 0. The standard InChI is InChI=1S/C17H24N2OS/c20-16(11-18-10-15-2-1-3-21-15)19-17-7-12-4-13(8-17)6-14(5-12)9-17/h1-3,12-14,18H,4-11H2,(H,19,20)/p+1. The highest BCUT2D eigenvalue weighted by Gasteiger charge is 2.51. The van der Waals surface area contributed by atoms with Crippen LogP contribution < -0.4 is 10.6 Å². The second-order valence-corrected chi connectivity index (χ2v) is 8.55. The van der Waals surface area contributed by atoms with Gasteiger partial charge >= 0.3 is 0 Å². The average Bonchev–Trinajstić information content (AvgIpc) is 2.89. The Morgan fingerprint density at radius 1 is 1.24 bits per heavy atom. The van der Waals surface area contributed by atoms with Crippen molar-refractivity contribution in [1.29, 1.82) is 0 Å². The summed E-state index contributed by atoms with van der Waals surface area (Å²) in [5.74, 6) is 2.93. The summed E-state index contributed by atoms with van der Waals surface area (Å²) >= 11 is 1.77. The lowest BCUT2D eigenvalue weighted by Crippen LogP contribution is -2.85. The second kappa shape index (κ2) is 5.40. The zero-order valence-electron chi connectivity index (χ0n) is 12.5. The van der Waals surface area contributed by atoms with Crippen molar-refractivity contribution in [1.82, 2.24) is 5.32 Å². The van der Waals surface area contributed by atoms with E-state index in [9.17, 15) is 4.79 Å². The summed E-state index contributed by atoms with van der Waals surface area (Å²) in [7, 11) is 0. The zero-order valence-corrected chi connectivity index (χ0v) is 13.3. The molecule has 1 amide bonds. The van der Waals surface area contributed by atoms with Crippen LogP contribution in [0.15, 0.2) is 17.5 Å². The fourth-order valence-corrected chi connectivity index (χ4v) is 6.09. The Morgan fingerprint density at radius 3 is 2.48 bits per heavy atom. The molecule has 0 aliphatic heterocycles. The van der Waals surface area contributed by atoms with E-state index in [4.69, 9.17) is 0 Å². The van der Waals surface area contributed by atoms with E-state index < -0.39 is 0 Å². The molecule has 4 fully saturated rings. The first-order valence-corrected chi connectivity index (χ1v) is 9.24. The van der Waals surface area contributed by atoms with Crippen LogP contribution in [0.25, 0.3) is 0 Å². The van der Waals surface area contributed by atoms with Crippen molar-refractivity contribution in [3.05, 3.63) is 22.4 Å². The lowest BCUT2D eigenvalue weighted by atomic mass is 9.53. The molecule has 1 aromatic heterocycles. The predicted molar refractivity (Wildman–Crippen MR) is 83.9 cm³/mol. The molecule has 21 heavy (non-hydrogen) atoms. The van der Waals surface area contributed by atoms with Gasteiger partial charge in [0.1, 0.15) is 6.54 Å². The Kier molecular flexibility index (Phi) is 3.54. The Balaban J connectivity index is 1.30. The molecule has 0 atom stereocenters. The molecule has 4 heteroatoms. The normalized spacial score (nSPS) is 36.9. The quantitative estimate of drug-likeness (QED) is 0.857. The van der Waals surface area contributed by atoms with Crippen LogP contribution in [-0.2, 0) is 11.3 Å². The minimum Gasteiger partial charge on any atom is -0.346 e. The molecule has 1 aromatic rings. The third-order valence-electron chi connectivity index (χ3n) is 5.70. The number of carbonyl (C=O) groups is 1. The molecule has 0 spiro atoms. The average molecular weight is 305 g/mol. The van der Waals surface area contributed by atoms with Gasteiger partial charge in [-0.15, -0.1) is 11.3 Å².